The maximum absolute atomic E-state index is 13.3. The fraction of sp³-hybridized carbons (Fsp3) is 0.0476. The Bertz CT molecular complexity index is 1190. The van der Waals surface area contributed by atoms with Gasteiger partial charge in [-0.05, 0) is 35.4 Å². The van der Waals surface area contributed by atoms with Gasteiger partial charge in [-0.2, -0.15) is 5.10 Å². The van der Waals surface area contributed by atoms with Gasteiger partial charge in [0, 0.05) is 23.6 Å². The lowest BCUT2D eigenvalue weighted by molar-refractivity contribution is -0.114. The van der Waals surface area contributed by atoms with Crippen LogP contribution >= 0.6 is 11.3 Å². The third-order valence-electron chi connectivity index (χ3n) is 4.14. The van der Waals surface area contributed by atoms with Crippen LogP contribution in [0.1, 0.15) is 12.5 Å². The number of nitrogens with one attached hydrogen (secondary N) is 2. The Labute approximate surface area is 170 Å². The Kier molecular flexibility index (Phi) is 5.26. The number of fused-ring (bicyclic) bond motifs is 1. The molecule has 2 N–H and O–H groups in total. The first-order chi connectivity index (χ1) is 14.1. The molecule has 0 spiro atoms. The normalized spacial score (nSPS) is 11.1. The Balaban J connectivity index is 1.58. The number of amides is 1. The quantitative estimate of drug-likeness (QED) is 0.366. The summed E-state index contributed by atoms with van der Waals surface area (Å²) in [5, 5.41) is 9.80. The second kappa shape index (κ2) is 8.15. The number of hydrogen-bond acceptors (Lipinski definition) is 6. The largest absolute Gasteiger partial charge is 0.326 e. The maximum atomic E-state index is 13.3. The van der Waals surface area contributed by atoms with Crippen molar-refractivity contribution in [1.82, 2.24) is 9.97 Å². The Morgan fingerprint density at radius 2 is 1.86 bits per heavy atom. The van der Waals surface area contributed by atoms with Gasteiger partial charge in [-0.15, -0.1) is 11.3 Å². The van der Waals surface area contributed by atoms with E-state index >= 15 is 0 Å². The molecular weight excluding hydrogens is 389 g/mol. The third kappa shape index (κ3) is 4.27. The van der Waals surface area contributed by atoms with Crippen molar-refractivity contribution in [3.05, 3.63) is 71.6 Å². The molecule has 0 atom stereocenters. The van der Waals surface area contributed by atoms with E-state index in [1.165, 1.54) is 36.7 Å². The number of benzene rings is 2. The second-order valence-corrected chi connectivity index (χ2v) is 7.09. The molecule has 2 aromatic carbocycles. The molecule has 29 heavy (non-hydrogen) atoms. The average molecular weight is 405 g/mol. The minimum Gasteiger partial charge on any atom is -0.326 e. The van der Waals surface area contributed by atoms with Crippen molar-refractivity contribution in [2.24, 2.45) is 5.10 Å². The predicted molar refractivity (Wildman–Crippen MR) is 115 cm³/mol. The van der Waals surface area contributed by atoms with Crippen molar-refractivity contribution in [2.75, 3.05) is 10.7 Å². The van der Waals surface area contributed by atoms with E-state index in [4.69, 9.17) is 0 Å². The van der Waals surface area contributed by atoms with E-state index in [1.54, 1.807) is 30.5 Å². The van der Waals surface area contributed by atoms with Gasteiger partial charge in [-0.25, -0.2) is 14.4 Å². The van der Waals surface area contributed by atoms with Gasteiger partial charge in [0.1, 0.15) is 17.0 Å². The molecular formula is C21H16FN5OS. The van der Waals surface area contributed by atoms with Crippen LogP contribution in [0.3, 0.4) is 0 Å². The van der Waals surface area contributed by atoms with E-state index in [0.29, 0.717) is 5.82 Å². The topological polar surface area (TPSA) is 79.3 Å². The van der Waals surface area contributed by atoms with E-state index in [1.807, 2.05) is 17.5 Å². The molecule has 0 aliphatic carbocycles. The number of halogens is 1. The second-order valence-electron chi connectivity index (χ2n) is 6.23. The lowest BCUT2D eigenvalue weighted by Crippen LogP contribution is -2.05. The van der Waals surface area contributed by atoms with E-state index in [2.05, 4.69) is 25.8 Å². The molecule has 2 aromatic heterocycles. The summed E-state index contributed by atoms with van der Waals surface area (Å²) in [6.07, 6.45) is 3.14. The van der Waals surface area contributed by atoms with Crippen molar-refractivity contribution < 1.29 is 9.18 Å². The molecule has 1 amide bonds. The lowest BCUT2D eigenvalue weighted by Gasteiger charge is -2.05. The number of rotatable bonds is 5. The van der Waals surface area contributed by atoms with Crippen LogP contribution in [-0.4, -0.2) is 22.1 Å². The van der Waals surface area contributed by atoms with Crippen molar-refractivity contribution in [2.45, 2.75) is 6.92 Å². The molecule has 0 fully saturated rings. The zero-order chi connectivity index (χ0) is 20.2. The smallest absolute Gasteiger partial charge is 0.221 e. The molecule has 2 heterocycles. The molecule has 0 saturated heterocycles. The Hall–Kier alpha value is -3.65. The average Bonchev–Trinajstić information content (AvgIpc) is 3.15. The summed E-state index contributed by atoms with van der Waals surface area (Å²) in [6.45, 7) is 1.46. The van der Waals surface area contributed by atoms with Crippen LogP contribution in [0.2, 0.25) is 0 Å². The van der Waals surface area contributed by atoms with E-state index in [0.717, 1.165) is 32.6 Å². The van der Waals surface area contributed by atoms with Gasteiger partial charge in [0.2, 0.25) is 5.91 Å². The maximum Gasteiger partial charge on any atom is 0.221 e. The van der Waals surface area contributed by atoms with Gasteiger partial charge in [0.25, 0.3) is 0 Å². The molecule has 0 bridgehead atoms. The van der Waals surface area contributed by atoms with Crippen molar-refractivity contribution >= 4 is 45.2 Å². The van der Waals surface area contributed by atoms with Crippen LogP contribution in [0.15, 0.2) is 65.3 Å². The number of carbonyl (C=O) groups is 1. The van der Waals surface area contributed by atoms with Gasteiger partial charge >= 0.3 is 0 Å². The minimum atomic E-state index is -0.281. The molecule has 0 unspecified atom stereocenters. The fourth-order valence-corrected chi connectivity index (χ4v) is 3.74. The monoisotopic (exact) mass is 405 g/mol. The number of hydrogen-bond donors (Lipinski definition) is 2. The number of anilines is 2. The van der Waals surface area contributed by atoms with Crippen LogP contribution in [0.25, 0.3) is 21.3 Å². The summed E-state index contributed by atoms with van der Waals surface area (Å²) in [5.74, 6) is 0.173. The number of carbonyl (C=O) groups excluding carboxylic acids is 1. The molecule has 4 rings (SSSR count). The molecule has 0 aliphatic heterocycles. The van der Waals surface area contributed by atoms with Crippen LogP contribution in [0, 0.1) is 5.82 Å². The summed E-state index contributed by atoms with van der Waals surface area (Å²) in [7, 11) is 0. The van der Waals surface area contributed by atoms with Gasteiger partial charge in [0.15, 0.2) is 5.82 Å². The first-order valence-corrected chi connectivity index (χ1v) is 9.63. The third-order valence-corrected chi connectivity index (χ3v) is 5.03. The van der Waals surface area contributed by atoms with E-state index < -0.39 is 0 Å². The predicted octanol–water partition coefficient (Wildman–Crippen LogP) is 4.90. The van der Waals surface area contributed by atoms with Gasteiger partial charge in [-0.3, -0.25) is 10.2 Å². The highest BCUT2D eigenvalue weighted by Crippen LogP contribution is 2.36. The molecule has 0 saturated carbocycles. The first-order valence-electron chi connectivity index (χ1n) is 8.75. The summed E-state index contributed by atoms with van der Waals surface area (Å²) < 4.78 is 13.3. The Morgan fingerprint density at radius 1 is 1.10 bits per heavy atom. The number of aromatic nitrogens is 2. The first kappa shape index (κ1) is 18.7. The van der Waals surface area contributed by atoms with E-state index in [-0.39, 0.29) is 11.7 Å². The zero-order valence-corrected chi connectivity index (χ0v) is 16.2. The molecule has 4 aromatic rings. The highest BCUT2D eigenvalue weighted by atomic mass is 32.1. The van der Waals surface area contributed by atoms with Gasteiger partial charge in [-0.1, -0.05) is 24.3 Å². The summed E-state index contributed by atoms with van der Waals surface area (Å²) in [4.78, 5) is 20.5. The van der Waals surface area contributed by atoms with Crippen LogP contribution < -0.4 is 10.7 Å². The van der Waals surface area contributed by atoms with Crippen LogP contribution in [0.5, 0.6) is 0 Å². The van der Waals surface area contributed by atoms with Gasteiger partial charge < -0.3 is 5.32 Å². The van der Waals surface area contributed by atoms with E-state index in [9.17, 15) is 9.18 Å². The fourth-order valence-electron chi connectivity index (χ4n) is 2.83. The Morgan fingerprint density at radius 3 is 2.59 bits per heavy atom. The highest BCUT2D eigenvalue weighted by molar-refractivity contribution is 7.17. The molecule has 144 valence electrons. The number of thiophene rings is 1. The minimum absolute atomic E-state index is 0.117. The molecule has 8 heteroatoms. The molecule has 0 aliphatic rings. The lowest BCUT2D eigenvalue weighted by atomic mass is 10.1. The van der Waals surface area contributed by atoms with Gasteiger partial charge in [0.05, 0.1) is 11.6 Å². The highest BCUT2D eigenvalue weighted by Gasteiger charge is 2.12. The van der Waals surface area contributed by atoms with Crippen molar-refractivity contribution in [1.29, 1.82) is 0 Å². The summed E-state index contributed by atoms with van der Waals surface area (Å²) in [5.41, 5.74) is 6.36. The standard InChI is InChI=1S/C21H16FN5OS/c1-13(28)26-17-8-2-14(3-9-17)10-25-27-20-19-18(11-29-21(19)24-12-23-20)15-4-6-16(22)7-5-15/h2-12H,1H3,(H,26,28)(H,23,24,27)/b25-10-. The number of nitrogens with zero attached hydrogens (tertiary/aromatic N) is 3. The zero-order valence-electron chi connectivity index (χ0n) is 15.4. The van der Waals surface area contributed by atoms with Crippen LogP contribution in [0.4, 0.5) is 15.9 Å². The van der Waals surface area contributed by atoms with Crippen molar-refractivity contribution in [3.63, 3.8) is 0 Å². The van der Waals surface area contributed by atoms with Crippen molar-refractivity contribution in [3.8, 4) is 11.1 Å². The summed E-state index contributed by atoms with van der Waals surface area (Å²) in [6, 6.07) is 13.6. The molecule has 0 radical (unpaired) electrons. The molecule has 6 nitrogen and oxygen atoms in total. The summed E-state index contributed by atoms with van der Waals surface area (Å²) >= 11 is 1.49. The van der Waals surface area contributed by atoms with Crippen LogP contribution in [-0.2, 0) is 4.79 Å². The number of hydrazone groups is 1. The SMILES string of the molecule is CC(=O)Nc1ccc(/C=N\Nc2ncnc3scc(-c4ccc(F)cc4)c23)cc1.